The summed E-state index contributed by atoms with van der Waals surface area (Å²) in [6, 6.07) is 15.8. The van der Waals surface area contributed by atoms with Crippen LogP contribution in [0.15, 0.2) is 59.1 Å². The lowest BCUT2D eigenvalue weighted by atomic mass is 10.2. The summed E-state index contributed by atoms with van der Waals surface area (Å²) in [6.45, 7) is 2.99. The molecule has 1 fully saturated rings. The van der Waals surface area contributed by atoms with Gasteiger partial charge in [-0.05, 0) is 37.1 Å². The van der Waals surface area contributed by atoms with Crippen molar-refractivity contribution in [1.29, 1.82) is 0 Å². The Morgan fingerprint density at radius 1 is 1.00 bits per heavy atom. The van der Waals surface area contributed by atoms with Crippen molar-refractivity contribution in [3.8, 4) is 11.5 Å². The normalized spacial score (nSPS) is 17.0. The van der Waals surface area contributed by atoms with Crippen LogP contribution in [0.1, 0.15) is 24.4 Å². The molecule has 134 valence electrons. The molecule has 1 saturated heterocycles. The zero-order valence-corrected chi connectivity index (χ0v) is 14.6. The zero-order chi connectivity index (χ0) is 17.6. The number of hydrogen-bond acceptors (Lipinski definition) is 6. The van der Waals surface area contributed by atoms with Crippen molar-refractivity contribution >= 4 is 0 Å². The Labute approximate surface area is 152 Å². The molecule has 6 heteroatoms. The lowest BCUT2D eigenvalue weighted by molar-refractivity contribution is 0.0644. The fourth-order valence-corrected chi connectivity index (χ4v) is 3.19. The smallest absolute Gasteiger partial charge is 0.247 e. The van der Waals surface area contributed by atoms with Crippen LogP contribution in [0.2, 0.25) is 0 Å². The zero-order valence-electron chi connectivity index (χ0n) is 14.6. The average molecular weight is 350 g/mol. The molecule has 4 rings (SSSR count). The Bertz CT molecular complexity index is 801. The number of aromatic nitrogens is 3. The largest absolute Gasteiger partial charge is 0.419 e. The van der Waals surface area contributed by atoms with Gasteiger partial charge in [-0.2, -0.15) is 0 Å². The van der Waals surface area contributed by atoms with E-state index in [2.05, 4.69) is 20.1 Å². The summed E-state index contributed by atoms with van der Waals surface area (Å²) in [5.74, 6) is 1.16. The number of hydrogen-bond donors (Lipinski definition) is 0. The summed E-state index contributed by atoms with van der Waals surface area (Å²) in [7, 11) is 0. The van der Waals surface area contributed by atoms with Crippen molar-refractivity contribution in [2.45, 2.75) is 32.0 Å². The van der Waals surface area contributed by atoms with E-state index in [-0.39, 0.29) is 6.10 Å². The first-order chi connectivity index (χ1) is 12.9. The van der Waals surface area contributed by atoms with E-state index in [1.807, 2.05) is 54.7 Å². The number of nitrogens with zero attached hydrogens (tertiary/aromatic N) is 4. The van der Waals surface area contributed by atoms with E-state index >= 15 is 0 Å². The van der Waals surface area contributed by atoms with Gasteiger partial charge in [0.15, 0.2) is 0 Å². The molecule has 1 aromatic carbocycles. The predicted molar refractivity (Wildman–Crippen MR) is 97.1 cm³/mol. The van der Waals surface area contributed by atoms with E-state index in [4.69, 9.17) is 9.15 Å². The van der Waals surface area contributed by atoms with Crippen LogP contribution < -0.4 is 0 Å². The standard InChI is InChI=1S/C20H22N4O2/c1-2-7-16(8-3-1)20-23-22-19(26-20)15-24(14-18-10-6-12-25-18)13-17-9-4-5-11-21-17/h1-5,7-9,11,18H,6,10,12-15H2. The third-order valence-corrected chi connectivity index (χ3v) is 4.44. The Morgan fingerprint density at radius 2 is 1.88 bits per heavy atom. The molecule has 3 aromatic rings. The fraction of sp³-hybridized carbons (Fsp3) is 0.350. The quantitative estimate of drug-likeness (QED) is 0.651. The molecule has 1 atom stereocenters. The predicted octanol–water partition coefficient (Wildman–Crippen LogP) is 3.31. The summed E-state index contributed by atoms with van der Waals surface area (Å²) in [6.07, 6.45) is 4.30. The highest BCUT2D eigenvalue weighted by Gasteiger charge is 2.21. The highest BCUT2D eigenvalue weighted by atomic mass is 16.5. The maximum absolute atomic E-state index is 5.88. The topological polar surface area (TPSA) is 64.3 Å². The molecule has 0 radical (unpaired) electrons. The Morgan fingerprint density at radius 3 is 2.65 bits per heavy atom. The second kappa shape index (κ2) is 8.21. The lowest BCUT2D eigenvalue weighted by Gasteiger charge is -2.23. The van der Waals surface area contributed by atoms with Gasteiger partial charge in [-0.1, -0.05) is 24.3 Å². The molecule has 3 heterocycles. The molecule has 0 N–H and O–H groups in total. The summed E-state index contributed by atoms with van der Waals surface area (Å²) in [5, 5.41) is 8.42. The lowest BCUT2D eigenvalue weighted by Crippen LogP contribution is -2.31. The van der Waals surface area contributed by atoms with E-state index in [1.54, 1.807) is 0 Å². The fourth-order valence-electron chi connectivity index (χ4n) is 3.19. The molecule has 0 saturated carbocycles. The summed E-state index contributed by atoms with van der Waals surface area (Å²) >= 11 is 0. The molecule has 1 unspecified atom stereocenters. The second-order valence-electron chi connectivity index (χ2n) is 6.49. The number of pyridine rings is 1. The van der Waals surface area contributed by atoms with E-state index in [0.717, 1.165) is 43.8 Å². The minimum Gasteiger partial charge on any atom is -0.419 e. The van der Waals surface area contributed by atoms with Crippen LogP contribution in [0.25, 0.3) is 11.5 Å². The van der Waals surface area contributed by atoms with Gasteiger partial charge < -0.3 is 9.15 Å². The van der Waals surface area contributed by atoms with E-state index in [9.17, 15) is 0 Å². The second-order valence-corrected chi connectivity index (χ2v) is 6.49. The molecular formula is C20H22N4O2. The Kier molecular flexibility index (Phi) is 5.33. The van der Waals surface area contributed by atoms with Crippen molar-refractivity contribution in [1.82, 2.24) is 20.1 Å². The minimum atomic E-state index is 0.259. The average Bonchev–Trinajstić information content (AvgIpc) is 3.35. The molecular weight excluding hydrogens is 328 g/mol. The molecule has 6 nitrogen and oxygen atoms in total. The molecule has 0 spiro atoms. The van der Waals surface area contributed by atoms with E-state index in [1.165, 1.54) is 0 Å². The van der Waals surface area contributed by atoms with Crippen molar-refractivity contribution in [2.75, 3.05) is 13.2 Å². The molecule has 2 aromatic heterocycles. The van der Waals surface area contributed by atoms with Gasteiger partial charge in [0.25, 0.3) is 0 Å². The van der Waals surface area contributed by atoms with Gasteiger partial charge in [0.2, 0.25) is 11.8 Å². The maximum atomic E-state index is 5.88. The van der Waals surface area contributed by atoms with Crippen molar-refractivity contribution in [3.05, 3.63) is 66.3 Å². The third kappa shape index (κ3) is 4.33. The monoisotopic (exact) mass is 350 g/mol. The third-order valence-electron chi connectivity index (χ3n) is 4.44. The van der Waals surface area contributed by atoms with E-state index in [0.29, 0.717) is 18.3 Å². The first-order valence-corrected chi connectivity index (χ1v) is 8.98. The van der Waals surface area contributed by atoms with Crippen LogP contribution in [-0.4, -0.2) is 39.3 Å². The van der Waals surface area contributed by atoms with Gasteiger partial charge in [-0.15, -0.1) is 10.2 Å². The molecule has 1 aliphatic heterocycles. The first-order valence-electron chi connectivity index (χ1n) is 8.98. The molecule has 0 bridgehead atoms. The molecule has 0 aliphatic carbocycles. The highest BCUT2D eigenvalue weighted by Crippen LogP contribution is 2.20. The van der Waals surface area contributed by atoms with Gasteiger partial charge in [0, 0.05) is 31.5 Å². The molecule has 26 heavy (non-hydrogen) atoms. The molecule has 1 aliphatic rings. The van der Waals surface area contributed by atoms with Crippen LogP contribution in [0.5, 0.6) is 0 Å². The van der Waals surface area contributed by atoms with Crippen LogP contribution >= 0.6 is 0 Å². The Balaban J connectivity index is 1.47. The molecule has 0 amide bonds. The van der Waals surface area contributed by atoms with Crippen molar-refractivity contribution in [2.24, 2.45) is 0 Å². The highest BCUT2D eigenvalue weighted by molar-refractivity contribution is 5.51. The van der Waals surface area contributed by atoms with Crippen LogP contribution in [0, 0.1) is 0 Å². The summed E-state index contributed by atoms with van der Waals surface area (Å²) in [5.41, 5.74) is 1.95. The van der Waals surface area contributed by atoms with Crippen LogP contribution in [0.3, 0.4) is 0 Å². The van der Waals surface area contributed by atoms with Crippen molar-refractivity contribution in [3.63, 3.8) is 0 Å². The summed E-state index contributed by atoms with van der Waals surface area (Å²) in [4.78, 5) is 6.70. The summed E-state index contributed by atoms with van der Waals surface area (Å²) < 4.78 is 11.7. The van der Waals surface area contributed by atoms with Gasteiger partial charge in [0.05, 0.1) is 18.3 Å². The number of benzene rings is 1. The van der Waals surface area contributed by atoms with Gasteiger partial charge >= 0.3 is 0 Å². The van der Waals surface area contributed by atoms with Crippen molar-refractivity contribution < 1.29 is 9.15 Å². The van der Waals surface area contributed by atoms with Gasteiger partial charge in [0.1, 0.15) is 0 Å². The van der Waals surface area contributed by atoms with Crippen LogP contribution in [0.4, 0.5) is 0 Å². The Hall–Kier alpha value is -2.57. The SMILES string of the molecule is c1ccc(-c2nnc(CN(Cc3ccccn3)CC3CCCO3)o2)cc1. The van der Waals surface area contributed by atoms with Crippen LogP contribution in [-0.2, 0) is 17.8 Å². The number of ether oxygens (including phenoxy) is 1. The maximum Gasteiger partial charge on any atom is 0.247 e. The first kappa shape index (κ1) is 16.9. The van der Waals surface area contributed by atoms with Gasteiger partial charge in [-0.3, -0.25) is 9.88 Å². The van der Waals surface area contributed by atoms with E-state index < -0.39 is 0 Å². The number of rotatable bonds is 7. The van der Waals surface area contributed by atoms with Gasteiger partial charge in [-0.25, -0.2) is 0 Å². The minimum absolute atomic E-state index is 0.259.